The van der Waals surface area contributed by atoms with Crippen molar-refractivity contribution in [1.82, 2.24) is 10.6 Å². The van der Waals surface area contributed by atoms with Crippen LogP contribution in [-0.4, -0.2) is 24.5 Å². The highest BCUT2D eigenvalue weighted by molar-refractivity contribution is 6.27. The van der Waals surface area contributed by atoms with Crippen LogP contribution >= 0.6 is 0 Å². The molecular weight excluding hydrogens is 202 g/mol. The summed E-state index contributed by atoms with van der Waals surface area (Å²) in [6.45, 7) is 0. The highest BCUT2D eigenvalue weighted by Gasteiger charge is 2.24. The Morgan fingerprint density at radius 1 is 1.25 bits per heavy atom. The summed E-state index contributed by atoms with van der Waals surface area (Å²) in [6.07, 6.45) is 3.11. The molecule has 0 radical (unpaired) electrons. The van der Waals surface area contributed by atoms with Crippen LogP contribution in [0.2, 0.25) is 0 Å². The van der Waals surface area contributed by atoms with Gasteiger partial charge in [-0.15, -0.1) is 0 Å². The number of hydrogen-bond acceptors (Lipinski definition) is 3. The van der Waals surface area contributed by atoms with Gasteiger partial charge in [-0.3, -0.25) is 10.1 Å². The SMILES string of the molecule is O=C1C=NC(NC2Cc3ccccc3C2)N1. The van der Waals surface area contributed by atoms with Crippen molar-refractivity contribution >= 4 is 12.1 Å². The molecule has 82 valence electrons. The predicted octanol–water partition coefficient (Wildman–Crippen LogP) is 0.228. The van der Waals surface area contributed by atoms with Gasteiger partial charge in [-0.25, -0.2) is 4.99 Å². The summed E-state index contributed by atoms with van der Waals surface area (Å²) in [6, 6.07) is 8.83. The average Bonchev–Trinajstić information content (AvgIpc) is 2.84. The third-order valence-electron chi connectivity index (χ3n) is 3.06. The molecule has 1 heterocycles. The zero-order valence-corrected chi connectivity index (χ0v) is 8.81. The third kappa shape index (κ3) is 1.72. The quantitative estimate of drug-likeness (QED) is 0.742. The fourth-order valence-corrected chi connectivity index (χ4v) is 2.34. The number of amides is 1. The van der Waals surface area contributed by atoms with E-state index in [2.05, 4.69) is 39.9 Å². The van der Waals surface area contributed by atoms with Crippen molar-refractivity contribution in [1.29, 1.82) is 0 Å². The first-order valence-corrected chi connectivity index (χ1v) is 5.48. The Kier molecular flexibility index (Phi) is 2.22. The Morgan fingerprint density at radius 2 is 1.94 bits per heavy atom. The average molecular weight is 215 g/mol. The number of rotatable bonds is 2. The minimum Gasteiger partial charge on any atom is -0.317 e. The third-order valence-corrected chi connectivity index (χ3v) is 3.06. The van der Waals surface area contributed by atoms with Gasteiger partial charge in [0.15, 0.2) is 6.29 Å². The molecule has 3 rings (SSSR count). The van der Waals surface area contributed by atoms with E-state index in [0.29, 0.717) is 6.04 Å². The highest BCUT2D eigenvalue weighted by Crippen LogP contribution is 2.21. The summed E-state index contributed by atoms with van der Waals surface area (Å²) in [5, 5.41) is 6.06. The van der Waals surface area contributed by atoms with Gasteiger partial charge in [-0.2, -0.15) is 0 Å². The molecule has 1 aliphatic carbocycles. The minimum atomic E-state index is -0.244. The molecule has 4 nitrogen and oxygen atoms in total. The largest absolute Gasteiger partial charge is 0.317 e. The van der Waals surface area contributed by atoms with Crippen LogP contribution in [0.4, 0.5) is 0 Å². The van der Waals surface area contributed by atoms with Gasteiger partial charge in [0.05, 0.1) is 6.21 Å². The maximum Gasteiger partial charge on any atom is 0.264 e. The molecule has 0 spiro atoms. The van der Waals surface area contributed by atoms with Gasteiger partial charge in [0.25, 0.3) is 5.91 Å². The second-order valence-electron chi connectivity index (χ2n) is 4.23. The number of fused-ring (bicyclic) bond motifs is 1. The number of aliphatic imine (C=N–C) groups is 1. The Labute approximate surface area is 93.8 Å². The summed E-state index contributed by atoms with van der Waals surface area (Å²) < 4.78 is 0. The molecule has 1 aliphatic heterocycles. The molecule has 1 aromatic rings. The lowest BCUT2D eigenvalue weighted by atomic mass is 10.1. The van der Waals surface area contributed by atoms with Crippen molar-refractivity contribution in [3.05, 3.63) is 35.4 Å². The number of benzene rings is 1. The van der Waals surface area contributed by atoms with Gasteiger partial charge >= 0.3 is 0 Å². The summed E-state index contributed by atoms with van der Waals surface area (Å²) in [5.74, 6) is -0.118. The molecule has 16 heavy (non-hydrogen) atoms. The van der Waals surface area contributed by atoms with Crippen molar-refractivity contribution in [3.8, 4) is 0 Å². The van der Waals surface area contributed by atoms with Crippen molar-refractivity contribution in [3.63, 3.8) is 0 Å². The topological polar surface area (TPSA) is 53.5 Å². The molecule has 2 N–H and O–H groups in total. The fraction of sp³-hybridized carbons (Fsp3) is 0.333. The van der Waals surface area contributed by atoms with Crippen LogP contribution in [0.3, 0.4) is 0 Å². The van der Waals surface area contributed by atoms with E-state index >= 15 is 0 Å². The number of nitrogens with zero attached hydrogens (tertiary/aromatic N) is 1. The van der Waals surface area contributed by atoms with Gasteiger partial charge in [0.1, 0.15) is 0 Å². The summed E-state index contributed by atoms with van der Waals surface area (Å²) >= 11 is 0. The van der Waals surface area contributed by atoms with Gasteiger partial charge < -0.3 is 5.32 Å². The van der Waals surface area contributed by atoms with Crippen LogP contribution in [-0.2, 0) is 17.6 Å². The van der Waals surface area contributed by atoms with E-state index < -0.39 is 0 Å². The Hall–Kier alpha value is -1.68. The second-order valence-corrected chi connectivity index (χ2v) is 4.23. The van der Waals surface area contributed by atoms with E-state index in [1.165, 1.54) is 17.3 Å². The molecule has 0 aromatic heterocycles. The molecule has 2 aliphatic rings. The number of carbonyl (C=O) groups is 1. The molecule has 1 aromatic carbocycles. The molecule has 4 heteroatoms. The maximum atomic E-state index is 10.9. The van der Waals surface area contributed by atoms with Gasteiger partial charge in [0.2, 0.25) is 0 Å². The fourth-order valence-electron chi connectivity index (χ4n) is 2.34. The molecule has 1 unspecified atom stereocenters. The summed E-state index contributed by atoms with van der Waals surface area (Å²) in [7, 11) is 0. The van der Waals surface area contributed by atoms with Crippen LogP contribution in [0.5, 0.6) is 0 Å². The molecule has 0 saturated carbocycles. The highest BCUT2D eigenvalue weighted by atomic mass is 16.2. The molecular formula is C12H13N3O. The number of hydrogen-bond donors (Lipinski definition) is 2. The zero-order valence-electron chi connectivity index (χ0n) is 8.81. The Bertz CT molecular complexity index is 430. The smallest absolute Gasteiger partial charge is 0.264 e. The van der Waals surface area contributed by atoms with E-state index in [0.717, 1.165) is 12.8 Å². The van der Waals surface area contributed by atoms with Crippen molar-refractivity contribution < 1.29 is 4.79 Å². The maximum absolute atomic E-state index is 10.9. The molecule has 1 atom stereocenters. The Balaban J connectivity index is 1.64. The first kappa shape index (κ1) is 9.54. The van der Waals surface area contributed by atoms with E-state index in [1.54, 1.807) is 0 Å². The monoisotopic (exact) mass is 215 g/mol. The van der Waals surface area contributed by atoms with E-state index in [1.807, 2.05) is 0 Å². The first-order chi connectivity index (χ1) is 7.81. The van der Waals surface area contributed by atoms with Crippen LogP contribution < -0.4 is 10.6 Å². The molecule has 0 fully saturated rings. The van der Waals surface area contributed by atoms with Crippen LogP contribution in [0.25, 0.3) is 0 Å². The summed E-state index contributed by atoms with van der Waals surface area (Å²) in [4.78, 5) is 15.0. The van der Waals surface area contributed by atoms with Crippen molar-refractivity contribution in [2.24, 2.45) is 4.99 Å². The normalized spacial score (nSPS) is 23.5. The lowest BCUT2D eigenvalue weighted by molar-refractivity contribution is -0.114. The van der Waals surface area contributed by atoms with E-state index in [-0.39, 0.29) is 12.2 Å². The first-order valence-electron chi connectivity index (χ1n) is 5.48. The van der Waals surface area contributed by atoms with Crippen molar-refractivity contribution in [2.75, 3.05) is 0 Å². The number of carbonyl (C=O) groups excluding carboxylic acids is 1. The van der Waals surface area contributed by atoms with Crippen molar-refractivity contribution in [2.45, 2.75) is 25.2 Å². The molecule has 0 saturated heterocycles. The van der Waals surface area contributed by atoms with Crippen LogP contribution in [0.15, 0.2) is 29.3 Å². The zero-order chi connectivity index (χ0) is 11.0. The predicted molar refractivity (Wildman–Crippen MR) is 61.2 cm³/mol. The van der Waals surface area contributed by atoms with Gasteiger partial charge in [0, 0.05) is 6.04 Å². The van der Waals surface area contributed by atoms with Crippen LogP contribution in [0.1, 0.15) is 11.1 Å². The molecule has 1 amide bonds. The summed E-state index contributed by atoms with van der Waals surface area (Å²) in [5.41, 5.74) is 2.79. The minimum absolute atomic E-state index is 0.118. The second kappa shape index (κ2) is 3.72. The van der Waals surface area contributed by atoms with Crippen LogP contribution in [0, 0.1) is 0 Å². The Morgan fingerprint density at radius 3 is 2.50 bits per heavy atom. The lowest BCUT2D eigenvalue weighted by Crippen LogP contribution is -2.45. The van der Waals surface area contributed by atoms with Gasteiger partial charge in [-0.05, 0) is 24.0 Å². The lowest BCUT2D eigenvalue weighted by Gasteiger charge is -2.16. The number of nitrogens with one attached hydrogen (secondary N) is 2. The van der Waals surface area contributed by atoms with Gasteiger partial charge in [-0.1, -0.05) is 24.3 Å². The standard InChI is InChI=1S/C12H13N3O/c16-11-7-13-12(15-11)14-10-5-8-3-1-2-4-9(8)6-10/h1-4,7,10,12,14H,5-6H2,(H,15,16). The van der Waals surface area contributed by atoms with E-state index in [9.17, 15) is 4.79 Å². The molecule has 0 bridgehead atoms. The van der Waals surface area contributed by atoms with E-state index in [4.69, 9.17) is 0 Å².